The predicted molar refractivity (Wildman–Crippen MR) is 83.4 cm³/mol. The Balaban J connectivity index is 1.87. The number of likely N-dealkylation sites (tertiary alicyclic amines) is 1. The molecular weight excluding hydrogens is 299 g/mol. The van der Waals surface area contributed by atoms with Gasteiger partial charge in [0.2, 0.25) is 17.6 Å². The number of carbonyl (C=O) groups is 1. The molecule has 2 heterocycles. The number of piperidine rings is 1. The summed E-state index contributed by atoms with van der Waals surface area (Å²) in [6.45, 7) is 0. The second kappa shape index (κ2) is 5.98. The van der Waals surface area contributed by atoms with Crippen molar-refractivity contribution in [2.24, 2.45) is 0 Å². The summed E-state index contributed by atoms with van der Waals surface area (Å²) in [5, 5.41) is 3.93. The lowest BCUT2D eigenvalue weighted by Gasteiger charge is -2.29. The number of nitrogens with zero attached hydrogens (tertiary/aromatic N) is 4. The minimum atomic E-state index is -0.344. The lowest BCUT2D eigenvalue weighted by Crippen LogP contribution is -2.34. The highest BCUT2D eigenvalue weighted by Gasteiger charge is 2.30. The molecule has 1 aliphatic rings. The molecule has 1 aromatic carbocycles. The van der Waals surface area contributed by atoms with E-state index in [1.807, 2.05) is 0 Å². The molecular formula is C16H19FN4O2. The predicted octanol–water partition coefficient (Wildman–Crippen LogP) is 2.63. The lowest BCUT2D eigenvalue weighted by atomic mass is 10.0. The van der Waals surface area contributed by atoms with Crippen LogP contribution in [0.4, 0.5) is 10.1 Å². The Bertz CT molecular complexity index is 729. The third-order valence-corrected chi connectivity index (χ3v) is 4.14. The molecule has 2 aromatic rings. The first-order chi connectivity index (χ1) is 11.0. The van der Waals surface area contributed by atoms with E-state index in [9.17, 15) is 9.18 Å². The Kier molecular flexibility index (Phi) is 4.02. The number of carbonyl (C=O) groups excluding carboxylic acids is 1. The van der Waals surface area contributed by atoms with Crippen LogP contribution in [-0.2, 0) is 4.79 Å². The fourth-order valence-electron chi connectivity index (χ4n) is 2.78. The number of amides is 1. The first-order valence-corrected chi connectivity index (χ1v) is 7.54. The molecule has 0 bridgehead atoms. The highest BCUT2D eigenvalue weighted by atomic mass is 19.1. The summed E-state index contributed by atoms with van der Waals surface area (Å²) in [5.74, 6) is 0.453. The molecule has 0 aliphatic carbocycles. The molecule has 7 heteroatoms. The zero-order valence-electron chi connectivity index (χ0n) is 13.4. The quantitative estimate of drug-likeness (QED) is 0.870. The van der Waals surface area contributed by atoms with Crippen LogP contribution in [0.5, 0.6) is 0 Å². The number of hydrogen-bond acceptors (Lipinski definition) is 5. The molecule has 1 atom stereocenters. The van der Waals surface area contributed by atoms with Gasteiger partial charge in [0.1, 0.15) is 11.9 Å². The Labute approximate surface area is 133 Å². The molecule has 1 unspecified atom stereocenters. The summed E-state index contributed by atoms with van der Waals surface area (Å²) in [6, 6.07) is 4.61. The summed E-state index contributed by atoms with van der Waals surface area (Å²) in [6.07, 6.45) is 2.14. The molecule has 3 rings (SSSR count). The zero-order valence-corrected chi connectivity index (χ0v) is 13.4. The van der Waals surface area contributed by atoms with Gasteiger partial charge < -0.3 is 14.3 Å². The second-order valence-corrected chi connectivity index (χ2v) is 5.93. The monoisotopic (exact) mass is 318 g/mol. The van der Waals surface area contributed by atoms with E-state index in [2.05, 4.69) is 10.1 Å². The maximum Gasteiger partial charge on any atom is 0.249 e. The van der Waals surface area contributed by atoms with Gasteiger partial charge >= 0.3 is 0 Å². The second-order valence-electron chi connectivity index (χ2n) is 5.93. The van der Waals surface area contributed by atoms with E-state index in [1.54, 1.807) is 43.1 Å². The molecule has 1 amide bonds. The Morgan fingerprint density at radius 2 is 2.17 bits per heavy atom. The van der Waals surface area contributed by atoms with E-state index in [0.29, 0.717) is 29.4 Å². The van der Waals surface area contributed by atoms with E-state index in [0.717, 1.165) is 12.8 Å². The molecule has 6 nitrogen and oxygen atoms in total. The van der Waals surface area contributed by atoms with Crippen molar-refractivity contribution in [1.82, 2.24) is 15.0 Å². The first kappa shape index (κ1) is 15.5. The number of benzene rings is 1. The highest BCUT2D eigenvalue weighted by Crippen LogP contribution is 2.31. The average molecular weight is 318 g/mol. The fraction of sp³-hybridized carbons (Fsp3) is 0.438. The molecule has 0 spiro atoms. The van der Waals surface area contributed by atoms with Gasteiger partial charge in [0.25, 0.3) is 0 Å². The SMILES string of the molecule is CN(C)c1ccc(-c2noc(C3CCCC(=O)N3C)n2)cc1F. The van der Waals surface area contributed by atoms with Gasteiger partial charge in [0.05, 0.1) is 5.69 Å². The van der Waals surface area contributed by atoms with E-state index >= 15 is 0 Å². The fourth-order valence-corrected chi connectivity index (χ4v) is 2.78. The summed E-state index contributed by atoms with van der Waals surface area (Å²) in [5.41, 5.74) is 1.04. The normalized spacial score (nSPS) is 18.3. The van der Waals surface area contributed by atoms with Crippen molar-refractivity contribution < 1.29 is 13.7 Å². The Morgan fingerprint density at radius 3 is 2.87 bits per heavy atom. The molecule has 1 saturated heterocycles. The van der Waals surface area contributed by atoms with Crippen molar-refractivity contribution in [1.29, 1.82) is 0 Å². The molecule has 0 N–H and O–H groups in total. The maximum atomic E-state index is 14.1. The third-order valence-electron chi connectivity index (χ3n) is 4.14. The highest BCUT2D eigenvalue weighted by molar-refractivity contribution is 5.77. The van der Waals surface area contributed by atoms with Crippen LogP contribution >= 0.6 is 0 Å². The van der Waals surface area contributed by atoms with Gasteiger partial charge in [0, 0.05) is 33.1 Å². The standard InChI is InChI=1S/C16H19FN4O2/c1-20(2)12-8-7-10(9-11(12)17)15-18-16(23-19-15)13-5-4-6-14(22)21(13)3/h7-9,13H,4-6H2,1-3H3. The molecule has 0 saturated carbocycles. The molecule has 1 aromatic heterocycles. The van der Waals surface area contributed by atoms with E-state index in [4.69, 9.17) is 4.52 Å². The number of hydrogen-bond donors (Lipinski definition) is 0. The van der Waals surface area contributed by atoms with E-state index in [1.165, 1.54) is 6.07 Å². The summed E-state index contributed by atoms with van der Waals surface area (Å²) in [4.78, 5) is 19.5. The van der Waals surface area contributed by atoms with Crippen LogP contribution < -0.4 is 4.90 Å². The average Bonchev–Trinajstić information content (AvgIpc) is 2.99. The molecule has 1 fully saturated rings. The van der Waals surface area contributed by atoms with E-state index in [-0.39, 0.29) is 17.8 Å². The van der Waals surface area contributed by atoms with Crippen molar-refractivity contribution in [3.8, 4) is 11.4 Å². The van der Waals surface area contributed by atoms with Crippen molar-refractivity contribution >= 4 is 11.6 Å². The lowest BCUT2D eigenvalue weighted by molar-refractivity contribution is -0.135. The Morgan fingerprint density at radius 1 is 1.39 bits per heavy atom. The summed E-state index contributed by atoms with van der Waals surface area (Å²) in [7, 11) is 5.29. The summed E-state index contributed by atoms with van der Waals surface area (Å²) >= 11 is 0. The molecule has 0 radical (unpaired) electrons. The Hall–Kier alpha value is -2.44. The smallest absolute Gasteiger partial charge is 0.249 e. The zero-order chi connectivity index (χ0) is 16.6. The van der Waals surface area contributed by atoms with Gasteiger partial charge in [-0.3, -0.25) is 4.79 Å². The number of rotatable bonds is 3. The van der Waals surface area contributed by atoms with Crippen LogP contribution in [0.1, 0.15) is 31.2 Å². The number of anilines is 1. The summed E-state index contributed by atoms with van der Waals surface area (Å²) < 4.78 is 19.4. The van der Waals surface area contributed by atoms with E-state index < -0.39 is 0 Å². The third kappa shape index (κ3) is 2.91. The minimum absolute atomic E-state index is 0.0716. The van der Waals surface area contributed by atoms with Gasteiger partial charge in [-0.2, -0.15) is 4.98 Å². The van der Waals surface area contributed by atoms with Crippen LogP contribution in [0.2, 0.25) is 0 Å². The molecule has 23 heavy (non-hydrogen) atoms. The van der Waals surface area contributed by atoms with Gasteiger partial charge in [-0.25, -0.2) is 4.39 Å². The van der Waals surface area contributed by atoms with Crippen LogP contribution in [0.25, 0.3) is 11.4 Å². The van der Waals surface area contributed by atoms with Gasteiger partial charge in [-0.05, 0) is 31.0 Å². The topological polar surface area (TPSA) is 62.5 Å². The van der Waals surface area contributed by atoms with Crippen LogP contribution in [0.3, 0.4) is 0 Å². The minimum Gasteiger partial charge on any atom is -0.375 e. The molecule has 122 valence electrons. The van der Waals surface area contributed by atoms with Crippen molar-refractivity contribution in [3.05, 3.63) is 29.9 Å². The number of aromatic nitrogens is 2. The van der Waals surface area contributed by atoms with Crippen molar-refractivity contribution in [2.45, 2.75) is 25.3 Å². The van der Waals surface area contributed by atoms with Crippen molar-refractivity contribution in [2.75, 3.05) is 26.0 Å². The van der Waals surface area contributed by atoms with Gasteiger partial charge in [0.15, 0.2) is 0 Å². The van der Waals surface area contributed by atoms with Crippen LogP contribution in [0, 0.1) is 5.82 Å². The van der Waals surface area contributed by atoms with Crippen LogP contribution in [0.15, 0.2) is 22.7 Å². The van der Waals surface area contributed by atoms with Gasteiger partial charge in [-0.1, -0.05) is 5.16 Å². The maximum absolute atomic E-state index is 14.1. The first-order valence-electron chi connectivity index (χ1n) is 7.54. The number of halogens is 1. The van der Waals surface area contributed by atoms with Gasteiger partial charge in [-0.15, -0.1) is 0 Å². The van der Waals surface area contributed by atoms with Crippen molar-refractivity contribution in [3.63, 3.8) is 0 Å². The largest absolute Gasteiger partial charge is 0.375 e. The van der Waals surface area contributed by atoms with Crippen LogP contribution in [-0.4, -0.2) is 42.1 Å². The molecule has 1 aliphatic heterocycles.